The molecule has 2 N–H and O–H groups in total. The van der Waals surface area contributed by atoms with Gasteiger partial charge < -0.3 is 10.6 Å². The first-order valence-corrected chi connectivity index (χ1v) is 8.76. The molecule has 0 aliphatic heterocycles. The minimum Gasteiger partial charge on any atom is -0.340 e. The first-order chi connectivity index (χ1) is 12.5. The van der Waals surface area contributed by atoms with Gasteiger partial charge in [0, 0.05) is 17.9 Å². The van der Waals surface area contributed by atoms with Gasteiger partial charge in [-0.1, -0.05) is 42.5 Å². The summed E-state index contributed by atoms with van der Waals surface area (Å²) < 4.78 is 0. The lowest BCUT2D eigenvalue weighted by atomic mass is 10.0. The Kier molecular flexibility index (Phi) is 7.19. The molecule has 0 saturated heterocycles. The van der Waals surface area contributed by atoms with Crippen molar-refractivity contribution in [2.24, 2.45) is 0 Å². The molecular weight excluding hydrogens is 350 g/mol. The number of rotatable bonds is 7. The van der Waals surface area contributed by atoms with Crippen LogP contribution in [0.25, 0.3) is 0 Å². The van der Waals surface area contributed by atoms with Crippen molar-refractivity contribution in [1.82, 2.24) is 10.6 Å². The highest BCUT2D eigenvalue weighted by molar-refractivity contribution is 6.17. The van der Waals surface area contributed by atoms with E-state index in [1.54, 1.807) is 25.1 Å². The minimum atomic E-state index is -0.791. The Labute approximate surface area is 158 Å². The van der Waals surface area contributed by atoms with Crippen molar-refractivity contribution >= 4 is 23.4 Å². The average molecular weight is 370 g/mol. The highest BCUT2D eigenvalue weighted by Crippen LogP contribution is 2.09. The van der Waals surface area contributed by atoms with Crippen LogP contribution in [0.3, 0.4) is 0 Å². The maximum atomic E-state index is 12.6. The summed E-state index contributed by atoms with van der Waals surface area (Å²) in [6.45, 7) is 1.59. The van der Waals surface area contributed by atoms with Crippen molar-refractivity contribution in [3.05, 3.63) is 71.3 Å². The van der Waals surface area contributed by atoms with Gasteiger partial charge in [0.25, 0.3) is 5.91 Å². The molecule has 2 unspecified atom stereocenters. The van der Waals surface area contributed by atoms with Crippen molar-refractivity contribution in [3.8, 4) is 6.07 Å². The highest BCUT2D eigenvalue weighted by Gasteiger charge is 2.23. The fraction of sp³-hybridized carbons (Fsp3) is 0.250. The number of amides is 2. The first kappa shape index (κ1) is 19.5. The number of alkyl halides is 1. The van der Waals surface area contributed by atoms with Gasteiger partial charge in [-0.05, 0) is 30.2 Å². The van der Waals surface area contributed by atoms with E-state index in [0.29, 0.717) is 17.9 Å². The van der Waals surface area contributed by atoms with Crippen LogP contribution >= 0.6 is 11.6 Å². The Morgan fingerprint density at radius 2 is 1.77 bits per heavy atom. The lowest BCUT2D eigenvalue weighted by molar-refractivity contribution is -0.123. The molecule has 2 aromatic carbocycles. The molecule has 0 heterocycles. The zero-order chi connectivity index (χ0) is 18.9. The smallest absolute Gasteiger partial charge is 0.251 e. The van der Waals surface area contributed by atoms with Crippen molar-refractivity contribution < 1.29 is 9.59 Å². The first-order valence-electron chi connectivity index (χ1n) is 8.23. The maximum absolute atomic E-state index is 12.6. The van der Waals surface area contributed by atoms with Crippen LogP contribution < -0.4 is 10.6 Å². The van der Waals surface area contributed by atoms with Gasteiger partial charge in [0.1, 0.15) is 12.1 Å². The van der Waals surface area contributed by atoms with E-state index in [0.717, 1.165) is 11.1 Å². The van der Waals surface area contributed by atoms with Crippen LogP contribution in [-0.4, -0.2) is 23.9 Å². The number of halogens is 1. The van der Waals surface area contributed by atoms with Gasteiger partial charge in [0.2, 0.25) is 5.91 Å². The molecule has 2 aromatic rings. The van der Waals surface area contributed by atoms with Crippen molar-refractivity contribution in [3.63, 3.8) is 0 Å². The van der Waals surface area contributed by atoms with E-state index < -0.39 is 18.0 Å². The number of nitriles is 1. The van der Waals surface area contributed by atoms with Gasteiger partial charge in [-0.15, -0.1) is 11.6 Å². The Bertz CT molecular complexity index is 802. The molecule has 0 fully saturated rings. The molecular formula is C20H20ClN3O2. The molecule has 2 rings (SSSR count). The molecule has 26 heavy (non-hydrogen) atoms. The van der Waals surface area contributed by atoms with Gasteiger partial charge in [0.05, 0.1) is 6.07 Å². The fourth-order valence-electron chi connectivity index (χ4n) is 2.44. The van der Waals surface area contributed by atoms with E-state index >= 15 is 0 Å². The second-order valence-corrected chi connectivity index (χ2v) is 6.18. The van der Waals surface area contributed by atoms with Crippen molar-refractivity contribution in [2.45, 2.75) is 31.3 Å². The summed E-state index contributed by atoms with van der Waals surface area (Å²) in [7, 11) is 0. The normalized spacial score (nSPS) is 12.5. The zero-order valence-electron chi connectivity index (χ0n) is 14.4. The molecule has 6 heteroatoms. The predicted octanol–water partition coefficient (Wildman–Crippen LogP) is 2.79. The predicted molar refractivity (Wildman–Crippen MR) is 101 cm³/mol. The Morgan fingerprint density at radius 3 is 2.42 bits per heavy atom. The Hall–Kier alpha value is -2.84. The summed E-state index contributed by atoms with van der Waals surface area (Å²) in [4.78, 5) is 25.1. The van der Waals surface area contributed by atoms with E-state index in [1.165, 1.54) is 0 Å². The lowest BCUT2D eigenvalue weighted by Gasteiger charge is -2.19. The van der Waals surface area contributed by atoms with E-state index in [2.05, 4.69) is 10.6 Å². The Morgan fingerprint density at radius 1 is 1.08 bits per heavy atom. The molecule has 0 spiro atoms. The van der Waals surface area contributed by atoms with Crippen LogP contribution in [0.4, 0.5) is 0 Å². The summed E-state index contributed by atoms with van der Waals surface area (Å²) in [6, 6.07) is 16.8. The molecule has 0 aliphatic carbocycles. The molecule has 0 saturated carbocycles. The molecule has 0 bridgehead atoms. The molecule has 0 aromatic heterocycles. The summed E-state index contributed by atoms with van der Waals surface area (Å²) in [5, 5.41) is 14.3. The monoisotopic (exact) mass is 369 g/mol. The van der Waals surface area contributed by atoms with Crippen molar-refractivity contribution in [1.29, 1.82) is 5.26 Å². The summed E-state index contributed by atoms with van der Waals surface area (Å²) in [6.07, 6.45) is 0.325. The third kappa shape index (κ3) is 5.61. The molecule has 0 aliphatic rings. The number of benzene rings is 2. The van der Waals surface area contributed by atoms with Crippen LogP contribution in [0.2, 0.25) is 0 Å². The molecule has 2 atom stereocenters. The second kappa shape index (κ2) is 9.59. The number of nitrogens with zero attached hydrogens (tertiary/aromatic N) is 1. The van der Waals surface area contributed by atoms with Crippen LogP contribution in [0, 0.1) is 11.3 Å². The molecule has 2 amide bonds. The maximum Gasteiger partial charge on any atom is 0.251 e. The second-order valence-electron chi connectivity index (χ2n) is 5.91. The summed E-state index contributed by atoms with van der Waals surface area (Å²) in [5.41, 5.74) is 2.16. The van der Waals surface area contributed by atoms with Gasteiger partial charge in [-0.25, -0.2) is 0 Å². The van der Waals surface area contributed by atoms with Gasteiger partial charge in [0.15, 0.2) is 0 Å². The topological polar surface area (TPSA) is 82.0 Å². The fourth-order valence-corrected chi connectivity index (χ4v) is 2.61. The van der Waals surface area contributed by atoms with Gasteiger partial charge in [-0.3, -0.25) is 9.59 Å². The van der Waals surface area contributed by atoms with E-state index in [9.17, 15) is 9.59 Å². The number of carbonyl (C=O) groups is 2. The lowest BCUT2D eigenvalue weighted by Crippen LogP contribution is -2.50. The minimum absolute atomic E-state index is 0.300. The number of nitrogens with one attached hydrogen (secondary N) is 2. The Balaban J connectivity index is 2.18. The largest absolute Gasteiger partial charge is 0.340 e. The van der Waals surface area contributed by atoms with Gasteiger partial charge in [-0.2, -0.15) is 5.26 Å². The van der Waals surface area contributed by atoms with E-state index in [-0.39, 0.29) is 5.91 Å². The third-order valence-corrected chi connectivity index (χ3v) is 4.11. The van der Waals surface area contributed by atoms with Crippen LogP contribution in [-0.2, 0) is 17.1 Å². The molecule has 134 valence electrons. The number of hydrogen-bond donors (Lipinski definition) is 2. The van der Waals surface area contributed by atoms with Crippen LogP contribution in [0.5, 0.6) is 0 Å². The third-order valence-electron chi connectivity index (χ3n) is 3.80. The number of carbonyl (C=O) groups excluding carboxylic acids is 2. The van der Waals surface area contributed by atoms with Crippen molar-refractivity contribution in [2.75, 3.05) is 0 Å². The molecule has 0 radical (unpaired) electrons. The summed E-state index contributed by atoms with van der Waals surface area (Å²) in [5.74, 6) is -0.461. The van der Waals surface area contributed by atoms with Crippen LogP contribution in [0.15, 0.2) is 54.6 Å². The summed E-state index contributed by atoms with van der Waals surface area (Å²) >= 11 is 5.81. The highest BCUT2D eigenvalue weighted by atomic mass is 35.5. The standard InChI is InChI=1S/C20H20ClN3O2/c1-14(13-22)23-20(26)18(11-15-6-3-2-4-7-15)24-19(25)17-9-5-8-16(10-17)12-21/h2-10,14,18H,11-12H2,1H3,(H,23,26)(H,24,25). The van der Waals surface area contributed by atoms with E-state index in [1.807, 2.05) is 42.5 Å². The SMILES string of the molecule is CC(C#N)NC(=O)C(Cc1ccccc1)NC(=O)c1cccc(CCl)c1. The zero-order valence-corrected chi connectivity index (χ0v) is 15.2. The number of hydrogen-bond acceptors (Lipinski definition) is 3. The molecule has 5 nitrogen and oxygen atoms in total. The van der Waals surface area contributed by atoms with Gasteiger partial charge >= 0.3 is 0 Å². The van der Waals surface area contributed by atoms with Crippen LogP contribution in [0.1, 0.15) is 28.4 Å². The average Bonchev–Trinajstić information content (AvgIpc) is 2.68. The quantitative estimate of drug-likeness (QED) is 0.736. The van der Waals surface area contributed by atoms with E-state index in [4.69, 9.17) is 16.9 Å².